The average molecular weight is 467 g/mol. The number of para-hydroxylation sites is 2. The largest absolute Gasteiger partial charge is 0.495 e. The van der Waals surface area contributed by atoms with Crippen LogP contribution in [0, 0.1) is 0 Å². The first-order valence-corrected chi connectivity index (χ1v) is 12.6. The van der Waals surface area contributed by atoms with Crippen molar-refractivity contribution in [3.05, 3.63) is 71.8 Å². The Labute approximate surface area is 196 Å². The van der Waals surface area contributed by atoms with Gasteiger partial charge in [0.1, 0.15) is 16.4 Å². The zero-order valence-electron chi connectivity index (χ0n) is 19.3. The number of likely N-dealkylation sites (N-methyl/N-ethyl adjacent to an activating group) is 1. The summed E-state index contributed by atoms with van der Waals surface area (Å²) in [5, 5.41) is 3.28. The zero-order chi connectivity index (χ0) is 23.4. The fourth-order valence-electron chi connectivity index (χ4n) is 4.07. The van der Waals surface area contributed by atoms with Crippen molar-refractivity contribution in [2.24, 2.45) is 0 Å². The van der Waals surface area contributed by atoms with Gasteiger partial charge in [-0.2, -0.15) is 0 Å². The van der Waals surface area contributed by atoms with E-state index in [1.165, 1.54) is 0 Å². The van der Waals surface area contributed by atoms with E-state index < -0.39 is 9.84 Å². The van der Waals surface area contributed by atoms with Gasteiger partial charge >= 0.3 is 0 Å². The van der Waals surface area contributed by atoms with Crippen LogP contribution in [0.3, 0.4) is 0 Å². The molecule has 0 aromatic heterocycles. The lowest BCUT2D eigenvalue weighted by molar-refractivity contribution is 0.330. The smallest absolute Gasteiger partial charge is 0.210 e. The number of nitrogens with zero attached hydrogens (tertiary/aromatic N) is 1. The lowest BCUT2D eigenvalue weighted by Crippen LogP contribution is -2.20. The number of nitrogens with one attached hydrogen (secondary N) is 1. The van der Waals surface area contributed by atoms with Crippen LogP contribution in [0.25, 0.3) is 0 Å². The Kier molecular flexibility index (Phi) is 6.91. The van der Waals surface area contributed by atoms with Crippen molar-refractivity contribution >= 4 is 21.2 Å². The van der Waals surface area contributed by atoms with Gasteiger partial charge in [0.05, 0.1) is 24.3 Å². The highest BCUT2D eigenvalue weighted by Gasteiger charge is 2.25. The third kappa shape index (κ3) is 4.99. The molecule has 3 aromatic rings. The summed E-state index contributed by atoms with van der Waals surface area (Å²) in [5.41, 5.74) is 3.83. The second kappa shape index (κ2) is 9.85. The summed E-state index contributed by atoms with van der Waals surface area (Å²) in [6, 6.07) is 18.1. The minimum atomic E-state index is -3.74. The molecular weight excluding hydrogens is 436 g/mol. The maximum atomic E-state index is 13.6. The molecule has 0 bridgehead atoms. The molecule has 0 amide bonds. The molecule has 7 heteroatoms. The second-order valence-electron chi connectivity index (χ2n) is 8.16. The molecule has 0 saturated heterocycles. The van der Waals surface area contributed by atoms with Gasteiger partial charge in [-0.1, -0.05) is 12.1 Å². The van der Waals surface area contributed by atoms with E-state index in [-0.39, 0.29) is 9.79 Å². The predicted octanol–water partition coefficient (Wildman–Crippen LogP) is 4.70. The van der Waals surface area contributed by atoms with E-state index in [0.29, 0.717) is 18.1 Å². The number of ether oxygens (including phenoxy) is 2. The standard InChI is InChI=1S/C26H30N2O4S/c1-4-32-25-17-19-13-15-28(2)16-14-20(19)18-26(25)33(29,30)22-11-9-21(10-12-22)27-23-7-5-6-8-24(23)31-3/h5-12,17-18,27H,4,13-16H2,1-3H3. The molecule has 0 aliphatic carbocycles. The maximum absolute atomic E-state index is 13.6. The Morgan fingerprint density at radius 3 is 2.27 bits per heavy atom. The summed E-state index contributed by atoms with van der Waals surface area (Å²) >= 11 is 0. The summed E-state index contributed by atoms with van der Waals surface area (Å²) in [5.74, 6) is 1.14. The monoisotopic (exact) mass is 466 g/mol. The van der Waals surface area contributed by atoms with Gasteiger partial charge in [-0.25, -0.2) is 8.42 Å². The Morgan fingerprint density at radius 1 is 0.939 bits per heavy atom. The van der Waals surface area contributed by atoms with Crippen molar-refractivity contribution < 1.29 is 17.9 Å². The molecule has 0 spiro atoms. The Morgan fingerprint density at radius 2 is 1.61 bits per heavy atom. The van der Waals surface area contributed by atoms with Gasteiger partial charge in [-0.05, 0) is 86.5 Å². The summed E-state index contributed by atoms with van der Waals surface area (Å²) in [6.07, 6.45) is 1.71. The quantitative estimate of drug-likeness (QED) is 0.544. The lowest BCUT2D eigenvalue weighted by Gasteiger charge is -2.16. The van der Waals surface area contributed by atoms with Gasteiger partial charge in [0, 0.05) is 18.8 Å². The molecule has 6 nitrogen and oxygen atoms in total. The molecule has 0 saturated carbocycles. The molecule has 1 aliphatic heterocycles. The van der Waals surface area contributed by atoms with Crippen molar-refractivity contribution in [2.75, 3.05) is 39.2 Å². The van der Waals surface area contributed by atoms with E-state index >= 15 is 0 Å². The summed E-state index contributed by atoms with van der Waals surface area (Å²) < 4.78 is 38.4. The molecule has 0 unspecified atom stereocenters. The van der Waals surface area contributed by atoms with Gasteiger partial charge in [0.25, 0.3) is 0 Å². The number of hydrogen-bond acceptors (Lipinski definition) is 6. The van der Waals surface area contributed by atoms with Crippen LogP contribution in [-0.2, 0) is 22.7 Å². The average Bonchev–Trinajstić information content (AvgIpc) is 3.00. The fourth-order valence-corrected chi connectivity index (χ4v) is 5.50. The van der Waals surface area contributed by atoms with E-state index in [0.717, 1.165) is 48.4 Å². The van der Waals surface area contributed by atoms with Gasteiger partial charge in [0.2, 0.25) is 9.84 Å². The van der Waals surface area contributed by atoms with E-state index in [1.54, 1.807) is 31.4 Å². The third-order valence-electron chi connectivity index (χ3n) is 5.93. The van der Waals surface area contributed by atoms with Crippen LogP contribution in [0.1, 0.15) is 18.1 Å². The molecular formula is C26H30N2O4S. The fraction of sp³-hybridized carbons (Fsp3) is 0.308. The van der Waals surface area contributed by atoms with Crippen LogP contribution in [0.2, 0.25) is 0 Å². The maximum Gasteiger partial charge on any atom is 0.210 e. The number of benzene rings is 3. The molecule has 174 valence electrons. The van der Waals surface area contributed by atoms with Gasteiger partial charge in [-0.15, -0.1) is 0 Å². The second-order valence-corrected chi connectivity index (χ2v) is 10.1. The number of fused-ring (bicyclic) bond motifs is 1. The first-order chi connectivity index (χ1) is 15.9. The van der Waals surface area contributed by atoms with E-state index in [4.69, 9.17) is 9.47 Å². The van der Waals surface area contributed by atoms with Crippen molar-refractivity contribution in [3.63, 3.8) is 0 Å². The van der Waals surface area contributed by atoms with Gasteiger partial charge in [0.15, 0.2) is 0 Å². The molecule has 1 N–H and O–H groups in total. The Bertz CT molecular complexity index is 1220. The highest BCUT2D eigenvalue weighted by Crippen LogP contribution is 2.35. The van der Waals surface area contributed by atoms with E-state index in [9.17, 15) is 8.42 Å². The zero-order valence-corrected chi connectivity index (χ0v) is 20.1. The van der Waals surface area contributed by atoms with Crippen LogP contribution in [0.15, 0.2) is 70.5 Å². The SMILES string of the molecule is CCOc1cc2c(cc1S(=O)(=O)c1ccc(Nc3ccccc3OC)cc1)CCN(C)CC2. The highest BCUT2D eigenvalue weighted by atomic mass is 32.2. The molecule has 1 aliphatic rings. The third-order valence-corrected chi connectivity index (χ3v) is 7.72. The normalized spacial score (nSPS) is 14.3. The topological polar surface area (TPSA) is 67.9 Å². The summed E-state index contributed by atoms with van der Waals surface area (Å²) in [4.78, 5) is 2.74. The molecule has 1 heterocycles. The summed E-state index contributed by atoms with van der Waals surface area (Å²) in [6.45, 7) is 4.13. The van der Waals surface area contributed by atoms with Crippen molar-refractivity contribution in [1.82, 2.24) is 4.90 Å². The highest BCUT2D eigenvalue weighted by molar-refractivity contribution is 7.91. The Hall–Kier alpha value is -3.03. The Balaban J connectivity index is 1.66. The van der Waals surface area contributed by atoms with Crippen molar-refractivity contribution in [3.8, 4) is 11.5 Å². The number of sulfone groups is 1. The first-order valence-electron chi connectivity index (χ1n) is 11.1. The van der Waals surface area contributed by atoms with Crippen molar-refractivity contribution in [1.29, 1.82) is 0 Å². The van der Waals surface area contributed by atoms with Crippen LogP contribution in [-0.4, -0.2) is 47.2 Å². The summed E-state index contributed by atoms with van der Waals surface area (Å²) in [7, 11) is -0.0376. The molecule has 4 rings (SSSR count). The van der Waals surface area contributed by atoms with Gasteiger partial charge < -0.3 is 19.7 Å². The molecule has 33 heavy (non-hydrogen) atoms. The van der Waals surface area contributed by atoms with Crippen LogP contribution < -0.4 is 14.8 Å². The minimum absolute atomic E-state index is 0.234. The number of hydrogen-bond donors (Lipinski definition) is 1. The first kappa shape index (κ1) is 23.1. The lowest BCUT2D eigenvalue weighted by atomic mass is 10.0. The van der Waals surface area contributed by atoms with Crippen LogP contribution in [0.5, 0.6) is 11.5 Å². The number of methoxy groups -OCH3 is 1. The molecule has 0 atom stereocenters. The van der Waals surface area contributed by atoms with Crippen LogP contribution >= 0.6 is 0 Å². The van der Waals surface area contributed by atoms with Crippen molar-refractivity contribution in [2.45, 2.75) is 29.6 Å². The number of anilines is 2. The van der Waals surface area contributed by atoms with E-state index in [2.05, 4.69) is 17.3 Å². The van der Waals surface area contributed by atoms with E-state index in [1.807, 2.05) is 43.3 Å². The minimum Gasteiger partial charge on any atom is -0.495 e. The molecule has 3 aromatic carbocycles. The molecule has 0 radical (unpaired) electrons. The molecule has 0 fully saturated rings. The van der Waals surface area contributed by atoms with Crippen LogP contribution in [0.4, 0.5) is 11.4 Å². The van der Waals surface area contributed by atoms with Gasteiger partial charge in [-0.3, -0.25) is 0 Å². The predicted molar refractivity (Wildman–Crippen MR) is 131 cm³/mol. The number of rotatable bonds is 7.